The maximum Gasteiger partial charge on any atom is 0.254 e. The fourth-order valence-corrected chi connectivity index (χ4v) is 5.06. The van der Waals surface area contributed by atoms with E-state index >= 15 is 0 Å². The van der Waals surface area contributed by atoms with Crippen molar-refractivity contribution < 1.29 is 23.6 Å². The Morgan fingerprint density at radius 1 is 0.975 bits per heavy atom. The third-order valence-electron chi connectivity index (χ3n) is 6.97. The second kappa shape index (κ2) is 14.8. The zero-order valence-corrected chi connectivity index (χ0v) is 23.9. The lowest BCUT2D eigenvalue weighted by Gasteiger charge is -2.31. The lowest BCUT2D eigenvalue weighted by atomic mass is 10.1. The van der Waals surface area contributed by atoms with Gasteiger partial charge in [0.15, 0.2) is 0 Å². The molecule has 9 nitrogen and oxygen atoms in total. The van der Waals surface area contributed by atoms with E-state index in [0.717, 1.165) is 43.7 Å². The van der Waals surface area contributed by atoms with Crippen LogP contribution in [-0.4, -0.2) is 73.8 Å². The summed E-state index contributed by atoms with van der Waals surface area (Å²) in [6.45, 7) is 3.94. The number of ether oxygens (including phenoxy) is 2. The van der Waals surface area contributed by atoms with Gasteiger partial charge in [0.25, 0.3) is 11.8 Å². The van der Waals surface area contributed by atoms with Gasteiger partial charge in [0.2, 0.25) is 5.91 Å². The Kier molecular flexibility index (Phi) is 11.0. The van der Waals surface area contributed by atoms with Gasteiger partial charge in [0.1, 0.15) is 12.4 Å². The second-order valence-corrected chi connectivity index (χ2v) is 10.3. The molecule has 0 aliphatic carbocycles. The van der Waals surface area contributed by atoms with Crippen molar-refractivity contribution in [2.24, 2.45) is 0 Å². The largest absolute Gasteiger partial charge is 0.479 e. The summed E-state index contributed by atoms with van der Waals surface area (Å²) in [6.07, 6.45) is 2.33. The predicted molar refractivity (Wildman–Crippen MR) is 153 cm³/mol. The molecular formula is C30H37ClN4O5. The van der Waals surface area contributed by atoms with Crippen molar-refractivity contribution in [3.63, 3.8) is 0 Å². The Labute approximate surface area is 240 Å². The zero-order chi connectivity index (χ0) is 28.3. The van der Waals surface area contributed by atoms with E-state index in [0.29, 0.717) is 42.7 Å². The molecule has 2 heterocycles. The molecule has 0 radical (unpaired) electrons. The van der Waals surface area contributed by atoms with E-state index in [1.165, 1.54) is 19.8 Å². The molecule has 0 saturated carbocycles. The summed E-state index contributed by atoms with van der Waals surface area (Å²) in [7, 11) is 3.05. The maximum absolute atomic E-state index is 13.5. The first kappa shape index (κ1) is 29.6. The van der Waals surface area contributed by atoms with Gasteiger partial charge in [0.05, 0.1) is 7.11 Å². The van der Waals surface area contributed by atoms with Gasteiger partial charge in [-0.2, -0.15) is 0 Å². The zero-order valence-electron chi connectivity index (χ0n) is 23.2. The first-order chi connectivity index (χ1) is 19.5. The smallest absolute Gasteiger partial charge is 0.254 e. The number of fused-ring (bicyclic) bond motifs is 1. The van der Waals surface area contributed by atoms with Crippen LogP contribution in [0.5, 0.6) is 5.88 Å². The van der Waals surface area contributed by atoms with E-state index in [-0.39, 0.29) is 24.8 Å². The Balaban J connectivity index is 1.56. The highest BCUT2D eigenvalue weighted by Gasteiger charge is 2.23. The van der Waals surface area contributed by atoms with E-state index in [2.05, 4.69) is 10.1 Å². The van der Waals surface area contributed by atoms with E-state index < -0.39 is 0 Å². The first-order valence-corrected chi connectivity index (χ1v) is 14.0. The summed E-state index contributed by atoms with van der Waals surface area (Å²) in [4.78, 5) is 32.7. The summed E-state index contributed by atoms with van der Waals surface area (Å²) >= 11 is 6.09. The Hall–Kier alpha value is -3.40. The first-order valence-electron chi connectivity index (χ1n) is 13.6. The number of carbonyl (C=O) groups is 2. The van der Waals surface area contributed by atoms with Crippen LogP contribution in [0.4, 0.5) is 5.69 Å². The Morgan fingerprint density at radius 2 is 1.73 bits per heavy atom. The lowest BCUT2D eigenvalue weighted by Crippen LogP contribution is -2.40. The maximum atomic E-state index is 13.5. The summed E-state index contributed by atoms with van der Waals surface area (Å²) in [6, 6.07) is 17.4. The third-order valence-corrected chi connectivity index (χ3v) is 7.23. The van der Waals surface area contributed by atoms with E-state index in [4.69, 9.17) is 25.6 Å². The summed E-state index contributed by atoms with van der Waals surface area (Å²) in [5.74, 6) is 0.907. The van der Waals surface area contributed by atoms with Crippen molar-refractivity contribution in [3.05, 3.63) is 76.5 Å². The fraction of sp³-hybridized carbons (Fsp3) is 0.433. The van der Waals surface area contributed by atoms with Crippen molar-refractivity contribution in [3.8, 4) is 5.88 Å². The molecule has 2 aromatic carbocycles. The van der Waals surface area contributed by atoms with Crippen LogP contribution in [0, 0.1) is 0 Å². The van der Waals surface area contributed by atoms with Gasteiger partial charge < -0.3 is 23.8 Å². The average Bonchev–Trinajstić information content (AvgIpc) is 3.42. The number of nitrogens with zero attached hydrogens (tertiary/aromatic N) is 4. The van der Waals surface area contributed by atoms with Crippen LogP contribution in [0.25, 0.3) is 0 Å². The number of amides is 2. The molecule has 0 atom stereocenters. The fourth-order valence-electron chi connectivity index (χ4n) is 4.94. The highest BCUT2D eigenvalue weighted by Crippen LogP contribution is 2.25. The number of anilines is 1. The molecule has 10 heteroatoms. The predicted octanol–water partition coefficient (Wildman–Crippen LogP) is 4.57. The Morgan fingerprint density at radius 3 is 2.45 bits per heavy atom. The highest BCUT2D eigenvalue weighted by atomic mass is 35.5. The number of para-hydroxylation sites is 1. The molecule has 1 aliphatic rings. The molecule has 3 aromatic rings. The average molecular weight is 569 g/mol. The van der Waals surface area contributed by atoms with Gasteiger partial charge in [0, 0.05) is 76.0 Å². The molecular weight excluding hydrogens is 532 g/mol. The molecule has 0 fully saturated rings. The molecule has 1 aromatic heterocycles. The third kappa shape index (κ3) is 8.30. The molecule has 2 amide bonds. The minimum Gasteiger partial charge on any atom is -0.479 e. The van der Waals surface area contributed by atoms with E-state index in [1.54, 1.807) is 11.0 Å². The lowest BCUT2D eigenvalue weighted by molar-refractivity contribution is -0.132. The van der Waals surface area contributed by atoms with Gasteiger partial charge in [-0.15, -0.1) is 0 Å². The van der Waals surface area contributed by atoms with Gasteiger partial charge in [-0.25, -0.2) is 0 Å². The number of rotatable bonds is 8. The van der Waals surface area contributed by atoms with Gasteiger partial charge in [-0.05, 0) is 47.3 Å². The molecule has 4 rings (SSSR count). The Bertz CT molecular complexity index is 1250. The number of hydrogen-bond acceptors (Lipinski definition) is 7. The van der Waals surface area contributed by atoms with Crippen molar-refractivity contribution in [1.29, 1.82) is 0 Å². The topological polar surface area (TPSA) is 88.4 Å². The SMILES string of the molecule is COCC(=O)N1CCCN(Cc2ccc(Cl)cc2)CCCN(C(=O)CCc2cc(OC)no2)Cc2ccccc21. The number of halogens is 1. The summed E-state index contributed by atoms with van der Waals surface area (Å²) < 4.78 is 15.6. The van der Waals surface area contributed by atoms with Crippen molar-refractivity contribution >= 4 is 29.1 Å². The van der Waals surface area contributed by atoms with Crippen LogP contribution in [0.3, 0.4) is 0 Å². The van der Waals surface area contributed by atoms with Crippen molar-refractivity contribution in [2.45, 2.75) is 38.8 Å². The standard InChI is InChI=1S/C30H37ClN4O5/c1-38-22-30(37)35-18-6-16-33(20-23-9-11-25(31)12-10-23)15-5-17-34(21-24-7-3-4-8-27(24)35)29(36)14-13-26-19-28(39-2)32-40-26/h3-4,7-12,19H,5-6,13-18,20-22H2,1-2H3. The number of aryl methyl sites for hydroxylation is 1. The minimum absolute atomic E-state index is 0.00782. The number of carbonyl (C=O) groups excluding carboxylic acids is 2. The number of benzene rings is 2. The second-order valence-electron chi connectivity index (χ2n) is 9.87. The van der Waals surface area contributed by atoms with Crippen LogP contribution in [-0.2, 0) is 33.8 Å². The molecule has 40 heavy (non-hydrogen) atoms. The molecule has 0 N–H and O–H groups in total. The highest BCUT2D eigenvalue weighted by molar-refractivity contribution is 6.30. The molecule has 0 spiro atoms. The van der Waals surface area contributed by atoms with E-state index in [1.807, 2.05) is 53.4 Å². The van der Waals surface area contributed by atoms with Crippen molar-refractivity contribution in [1.82, 2.24) is 15.0 Å². The summed E-state index contributed by atoms with van der Waals surface area (Å²) in [5, 5.41) is 4.54. The quantitative estimate of drug-likeness (QED) is 0.393. The molecule has 214 valence electrons. The monoisotopic (exact) mass is 568 g/mol. The summed E-state index contributed by atoms with van der Waals surface area (Å²) in [5.41, 5.74) is 2.91. The van der Waals surface area contributed by atoms with Crippen LogP contribution >= 0.6 is 11.6 Å². The van der Waals surface area contributed by atoms with Crippen LogP contribution in [0.1, 0.15) is 36.1 Å². The van der Waals surface area contributed by atoms with Gasteiger partial charge in [-0.3, -0.25) is 14.5 Å². The van der Waals surface area contributed by atoms with Gasteiger partial charge in [-0.1, -0.05) is 41.9 Å². The molecule has 0 saturated heterocycles. The van der Waals surface area contributed by atoms with Crippen LogP contribution in [0.15, 0.2) is 59.1 Å². The van der Waals surface area contributed by atoms with Crippen LogP contribution < -0.4 is 9.64 Å². The minimum atomic E-state index is -0.103. The van der Waals surface area contributed by atoms with Crippen LogP contribution in [0.2, 0.25) is 5.02 Å². The molecule has 1 aliphatic heterocycles. The molecule has 0 unspecified atom stereocenters. The normalized spacial score (nSPS) is 15.2. The molecule has 0 bridgehead atoms. The van der Waals surface area contributed by atoms with Crippen molar-refractivity contribution in [2.75, 3.05) is 51.9 Å². The number of methoxy groups -OCH3 is 2. The number of hydrogen-bond donors (Lipinski definition) is 0. The number of aromatic nitrogens is 1. The van der Waals surface area contributed by atoms with Gasteiger partial charge >= 0.3 is 0 Å². The van der Waals surface area contributed by atoms with E-state index in [9.17, 15) is 9.59 Å².